The summed E-state index contributed by atoms with van der Waals surface area (Å²) in [5, 5.41) is 8.83. The van der Waals surface area contributed by atoms with Gasteiger partial charge in [0.1, 0.15) is 0 Å². The Bertz CT molecular complexity index is 163. The van der Waals surface area contributed by atoms with Gasteiger partial charge in [0.2, 0.25) is 0 Å². The summed E-state index contributed by atoms with van der Waals surface area (Å²) in [5.74, 6) is -0.787. The second-order valence-electron chi connectivity index (χ2n) is 2.79. The minimum absolute atomic E-state index is 0.175. The second kappa shape index (κ2) is 5.77. The zero-order chi connectivity index (χ0) is 9.56. The van der Waals surface area contributed by atoms with Gasteiger partial charge >= 0.3 is 5.97 Å². The quantitative estimate of drug-likeness (QED) is 0.499. The minimum Gasteiger partial charge on any atom is -0.466 e. The van der Waals surface area contributed by atoms with Gasteiger partial charge in [-0.3, -0.25) is 4.79 Å². The number of aliphatic hydroxyl groups excluding tert-OH is 1. The Morgan fingerprint density at radius 2 is 2.25 bits per heavy atom. The molecule has 0 rings (SSSR count). The Balaban J connectivity index is 3.96. The van der Waals surface area contributed by atoms with Crippen molar-refractivity contribution in [1.29, 1.82) is 0 Å². The van der Waals surface area contributed by atoms with E-state index in [1.54, 1.807) is 6.92 Å². The summed E-state index contributed by atoms with van der Waals surface area (Å²) < 4.78 is 4.76. The van der Waals surface area contributed by atoms with E-state index in [0.29, 0.717) is 13.0 Å². The lowest BCUT2D eigenvalue weighted by molar-refractivity contribution is -0.149. The van der Waals surface area contributed by atoms with Crippen LogP contribution in [0.5, 0.6) is 0 Å². The maximum atomic E-state index is 11.1. The maximum absolute atomic E-state index is 11.1. The predicted molar refractivity (Wildman–Crippen MR) is 46.6 cm³/mol. The third-order valence-corrected chi connectivity index (χ3v) is 1.44. The molecule has 1 N–H and O–H groups in total. The van der Waals surface area contributed by atoms with Gasteiger partial charge in [0.25, 0.3) is 0 Å². The maximum Gasteiger partial charge on any atom is 0.311 e. The van der Waals surface area contributed by atoms with E-state index in [2.05, 4.69) is 6.58 Å². The molecule has 0 aliphatic rings. The largest absolute Gasteiger partial charge is 0.466 e. The highest BCUT2D eigenvalue weighted by atomic mass is 16.5. The highest BCUT2D eigenvalue weighted by Crippen LogP contribution is 2.10. The van der Waals surface area contributed by atoms with Gasteiger partial charge in [0.05, 0.1) is 19.1 Å². The van der Waals surface area contributed by atoms with Crippen LogP contribution in [0.4, 0.5) is 0 Å². The van der Waals surface area contributed by atoms with E-state index >= 15 is 0 Å². The zero-order valence-corrected chi connectivity index (χ0v) is 7.67. The van der Waals surface area contributed by atoms with E-state index in [4.69, 9.17) is 9.84 Å². The normalized spacial score (nSPS) is 12.2. The van der Waals surface area contributed by atoms with Crippen molar-refractivity contribution < 1.29 is 14.6 Å². The number of aliphatic hydroxyl groups is 1. The van der Waals surface area contributed by atoms with Gasteiger partial charge in [-0.25, -0.2) is 0 Å². The summed E-state index contributed by atoms with van der Waals surface area (Å²) >= 11 is 0. The van der Waals surface area contributed by atoms with Crippen LogP contribution in [0.15, 0.2) is 12.2 Å². The Kier molecular flexibility index (Phi) is 5.37. The van der Waals surface area contributed by atoms with E-state index in [-0.39, 0.29) is 12.6 Å². The summed E-state index contributed by atoms with van der Waals surface area (Å²) in [6.07, 6.45) is 0.495. The van der Waals surface area contributed by atoms with Crippen LogP contribution in [-0.2, 0) is 9.53 Å². The van der Waals surface area contributed by atoms with Crippen molar-refractivity contribution in [3.05, 3.63) is 12.2 Å². The van der Waals surface area contributed by atoms with Crippen LogP contribution in [0.25, 0.3) is 0 Å². The first kappa shape index (κ1) is 11.2. The van der Waals surface area contributed by atoms with Crippen molar-refractivity contribution in [2.45, 2.75) is 20.3 Å². The molecule has 1 unspecified atom stereocenters. The van der Waals surface area contributed by atoms with Crippen molar-refractivity contribution in [2.75, 3.05) is 13.2 Å². The van der Waals surface area contributed by atoms with Gasteiger partial charge in [0.15, 0.2) is 0 Å². The Morgan fingerprint density at radius 3 is 2.58 bits per heavy atom. The van der Waals surface area contributed by atoms with Gasteiger partial charge in [-0.05, 0) is 20.3 Å². The smallest absolute Gasteiger partial charge is 0.311 e. The SMILES string of the molecule is C=C(C)CC(CO)C(=O)OCC. The van der Waals surface area contributed by atoms with Crippen LogP contribution in [0.1, 0.15) is 20.3 Å². The third-order valence-electron chi connectivity index (χ3n) is 1.44. The summed E-state index contributed by atoms with van der Waals surface area (Å²) in [6.45, 7) is 7.41. The molecule has 3 nitrogen and oxygen atoms in total. The lowest BCUT2D eigenvalue weighted by Crippen LogP contribution is -2.21. The molecule has 0 heterocycles. The number of rotatable bonds is 5. The Hall–Kier alpha value is -0.830. The third kappa shape index (κ3) is 4.13. The molecular formula is C9H16O3. The number of esters is 1. The number of carbonyl (C=O) groups excluding carboxylic acids is 1. The first-order valence-corrected chi connectivity index (χ1v) is 4.03. The Morgan fingerprint density at radius 1 is 1.67 bits per heavy atom. The molecule has 0 fully saturated rings. The lowest BCUT2D eigenvalue weighted by Gasteiger charge is -2.11. The molecule has 0 aliphatic carbocycles. The number of ether oxygens (including phenoxy) is 1. The molecule has 0 aromatic heterocycles. The second-order valence-corrected chi connectivity index (χ2v) is 2.79. The minimum atomic E-state index is -0.442. The summed E-state index contributed by atoms with van der Waals surface area (Å²) in [5.41, 5.74) is 0.877. The fourth-order valence-corrected chi connectivity index (χ4v) is 0.903. The molecule has 0 saturated carbocycles. The molecule has 3 heteroatoms. The first-order chi connectivity index (χ1) is 5.61. The molecule has 0 amide bonds. The summed E-state index contributed by atoms with van der Waals surface area (Å²) in [6, 6.07) is 0. The molecule has 70 valence electrons. The van der Waals surface area contributed by atoms with E-state index < -0.39 is 5.92 Å². The van der Waals surface area contributed by atoms with E-state index in [1.165, 1.54) is 0 Å². The topological polar surface area (TPSA) is 46.5 Å². The summed E-state index contributed by atoms with van der Waals surface area (Å²) in [4.78, 5) is 11.1. The standard InChI is InChI=1S/C9H16O3/c1-4-12-9(11)8(6-10)5-7(2)3/h8,10H,2,4-6H2,1,3H3. The fourth-order valence-electron chi connectivity index (χ4n) is 0.903. The van der Waals surface area contributed by atoms with Crippen LogP contribution in [0.3, 0.4) is 0 Å². The first-order valence-electron chi connectivity index (χ1n) is 4.03. The van der Waals surface area contributed by atoms with Crippen LogP contribution in [0.2, 0.25) is 0 Å². The molecule has 0 bridgehead atoms. The van der Waals surface area contributed by atoms with Crippen LogP contribution in [-0.4, -0.2) is 24.3 Å². The van der Waals surface area contributed by atoms with Crippen LogP contribution in [0, 0.1) is 5.92 Å². The molecule has 0 radical (unpaired) electrons. The van der Waals surface area contributed by atoms with Crippen molar-refractivity contribution in [2.24, 2.45) is 5.92 Å². The van der Waals surface area contributed by atoms with Crippen LogP contribution >= 0.6 is 0 Å². The molecule has 0 spiro atoms. The number of carbonyl (C=O) groups is 1. The molecule has 0 saturated heterocycles. The van der Waals surface area contributed by atoms with Gasteiger partial charge in [-0.15, -0.1) is 6.58 Å². The fraction of sp³-hybridized carbons (Fsp3) is 0.667. The van der Waals surface area contributed by atoms with Crippen molar-refractivity contribution in [3.8, 4) is 0 Å². The molecule has 0 aromatic rings. The van der Waals surface area contributed by atoms with E-state index in [0.717, 1.165) is 5.57 Å². The van der Waals surface area contributed by atoms with Crippen LogP contribution < -0.4 is 0 Å². The van der Waals surface area contributed by atoms with Gasteiger partial charge in [-0.2, -0.15) is 0 Å². The number of hydrogen-bond donors (Lipinski definition) is 1. The average Bonchev–Trinajstić information content (AvgIpc) is 2.00. The average molecular weight is 172 g/mol. The molecular weight excluding hydrogens is 156 g/mol. The molecule has 1 atom stereocenters. The number of allylic oxidation sites excluding steroid dienone is 1. The van der Waals surface area contributed by atoms with Crippen molar-refractivity contribution in [1.82, 2.24) is 0 Å². The van der Waals surface area contributed by atoms with Crippen molar-refractivity contribution in [3.63, 3.8) is 0 Å². The lowest BCUT2D eigenvalue weighted by atomic mass is 10.0. The predicted octanol–water partition coefficient (Wildman–Crippen LogP) is 1.12. The highest BCUT2D eigenvalue weighted by molar-refractivity contribution is 5.72. The Labute approximate surface area is 73.0 Å². The van der Waals surface area contributed by atoms with Gasteiger partial charge in [-0.1, -0.05) is 5.57 Å². The highest BCUT2D eigenvalue weighted by Gasteiger charge is 2.18. The zero-order valence-electron chi connectivity index (χ0n) is 7.67. The molecule has 0 aliphatic heterocycles. The number of hydrogen-bond acceptors (Lipinski definition) is 3. The molecule has 12 heavy (non-hydrogen) atoms. The molecule has 0 aromatic carbocycles. The van der Waals surface area contributed by atoms with Gasteiger partial charge in [0, 0.05) is 0 Å². The van der Waals surface area contributed by atoms with Crippen molar-refractivity contribution >= 4 is 5.97 Å². The summed E-state index contributed by atoms with van der Waals surface area (Å²) in [7, 11) is 0. The monoisotopic (exact) mass is 172 g/mol. The van der Waals surface area contributed by atoms with E-state index in [1.807, 2.05) is 6.92 Å². The van der Waals surface area contributed by atoms with E-state index in [9.17, 15) is 4.79 Å². The van der Waals surface area contributed by atoms with Gasteiger partial charge < -0.3 is 9.84 Å².